The van der Waals surface area contributed by atoms with Crippen LogP contribution in [0.2, 0.25) is 0 Å². The molecule has 9 heteroatoms. The molecule has 0 heterocycles. The molecular weight excluding hydrogens is 306 g/mol. The van der Waals surface area contributed by atoms with E-state index in [0.29, 0.717) is 0 Å². The highest BCUT2D eigenvalue weighted by atomic mass is 32.2. The Kier molecular flexibility index (Phi) is 5.51. The van der Waals surface area contributed by atoms with Gasteiger partial charge in [0.05, 0.1) is 12.9 Å². The van der Waals surface area contributed by atoms with E-state index in [1.165, 1.54) is 26.3 Å². The van der Waals surface area contributed by atoms with Gasteiger partial charge >= 0.3 is 0 Å². The average molecular weight is 323 g/mol. The highest BCUT2D eigenvalue weighted by Crippen LogP contribution is 2.25. The van der Waals surface area contributed by atoms with Gasteiger partial charge in [-0.1, -0.05) is 12.1 Å². The summed E-state index contributed by atoms with van der Waals surface area (Å²) >= 11 is 0. The van der Waals surface area contributed by atoms with Gasteiger partial charge in [-0.3, -0.25) is 4.55 Å². The summed E-state index contributed by atoms with van der Waals surface area (Å²) in [5.74, 6) is -0.271. The zero-order valence-electron chi connectivity index (χ0n) is 11.2. The molecule has 0 aliphatic heterocycles. The Morgan fingerprint density at radius 1 is 1.20 bits per heavy atom. The van der Waals surface area contributed by atoms with Crippen molar-refractivity contribution in [3.63, 3.8) is 0 Å². The number of hydrogen-bond donors (Lipinski definition) is 1. The highest BCUT2D eigenvalue weighted by Gasteiger charge is 2.24. The maximum Gasteiger partial charge on any atom is 0.264 e. The summed E-state index contributed by atoms with van der Waals surface area (Å²) in [5.41, 5.74) is 0. The Labute approximate surface area is 119 Å². The van der Waals surface area contributed by atoms with Crippen molar-refractivity contribution in [2.45, 2.75) is 11.3 Å². The van der Waals surface area contributed by atoms with E-state index in [0.717, 1.165) is 4.31 Å². The number of para-hydroxylation sites is 1. The molecule has 0 aromatic heterocycles. The second-order valence-corrected chi connectivity index (χ2v) is 7.70. The van der Waals surface area contributed by atoms with Crippen LogP contribution in [-0.4, -0.2) is 52.1 Å². The monoisotopic (exact) mass is 323 g/mol. The third-order valence-corrected chi connectivity index (χ3v) is 5.33. The van der Waals surface area contributed by atoms with Crippen LogP contribution in [0.3, 0.4) is 0 Å². The number of ether oxygens (including phenoxy) is 1. The fourth-order valence-corrected chi connectivity index (χ4v) is 3.44. The van der Waals surface area contributed by atoms with Gasteiger partial charge in [0.2, 0.25) is 10.0 Å². The van der Waals surface area contributed by atoms with Gasteiger partial charge in [0.15, 0.2) is 0 Å². The molecule has 0 atom stereocenters. The summed E-state index contributed by atoms with van der Waals surface area (Å²) in [6, 6.07) is 6.16. The Morgan fingerprint density at radius 3 is 2.35 bits per heavy atom. The van der Waals surface area contributed by atoms with E-state index in [-0.39, 0.29) is 23.6 Å². The zero-order chi connectivity index (χ0) is 15.4. The number of sulfonamides is 1. The van der Waals surface area contributed by atoms with Gasteiger partial charge in [0.1, 0.15) is 10.6 Å². The van der Waals surface area contributed by atoms with Crippen molar-refractivity contribution in [3.8, 4) is 5.75 Å². The Morgan fingerprint density at radius 2 is 1.80 bits per heavy atom. The number of hydrogen-bond acceptors (Lipinski definition) is 5. The first-order chi connectivity index (χ1) is 9.18. The molecule has 0 aliphatic carbocycles. The predicted octanol–water partition coefficient (Wildman–Crippen LogP) is 0.594. The SMILES string of the molecule is COc1ccccc1S(=O)(=O)N(C)CCCS(=O)(=O)O. The van der Waals surface area contributed by atoms with Crippen molar-refractivity contribution in [3.05, 3.63) is 24.3 Å². The van der Waals surface area contributed by atoms with Gasteiger partial charge < -0.3 is 4.74 Å². The summed E-state index contributed by atoms with van der Waals surface area (Å²) in [6.07, 6.45) is 0.00368. The molecule has 0 saturated heterocycles. The normalized spacial score (nSPS) is 12.6. The van der Waals surface area contributed by atoms with E-state index >= 15 is 0 Å². The molecular formula is C11H17NO6S2. The quantitative estimate of drug-likeness (QED) is 0.737. The second-order valence-electron chi connectivity index (χ2n) is 4.12. The molecule has 0 amide bonds. The molecule has 1 rings (SSSR count). The summed E-state index contributed by atoms with van der Waals surface area (Å²) in [7, 11) is -5.15. The molecule has 0 fully saturated rings. The lowest BCUT2D eigenvalue weighted by molar-refractivity contribution is 0.397. The van der Waals surface area contributed by atoms with Gasteiger partial charge in [-0.25, -0.2) is 12.7 Å². The average Bonchev–Trinajstić information content (AvgIpc) is 2.37. The molecule has 20 heavy (non-hydrogen) atoms. The number of rotatable bonds is 7. The topological polar surface area (TPSA) is 101 Å². The Bertz CT molecular complexity index is 653. The van der Waals surface area contributed by atoms with E-state index in [1.54, 1.807) is 12.1 Å². The maximum atomic E-state index is 12.3. The largest absolute Gasteiger partial charge is 0.495 e. The standard InChI is InChI=1S/C11H17NO6S2/c1-12(8-5-9-19(13,14)15)20(16,17)11-7-4-3-6-10(11)18-2/h3-4,6-7H,5,8-9H2,1-2H3,(H,13,14,15). The fraction of sp³-hybridized carbons (Fsp3) is 0.455. The molecule has 1 aromatic rings. The molecule has 0 radical (unpaired) electrons. The van der Waals surface area contributed by atoms with Crippen molar-refractivity contribution >= 4 is 20.1 Å². The van der Waals surface area contributed by atoms with Crippen LogP contribution in [0, 0.1) is 0 Å². The minimum Gasteiger partial charge on any atom is -0.495 e. The molecule has 1 N–H and O–H groups in total. The summed E-state index contributed by atoms with van der Waals surface area (Å²) in [5, 5.41) is 0. The Balaban J connectivity index is 2.88. The second kappa shape index (κ2) is 6.53. The third-order valence-electron chi connectivity index (χ3n) is 2.63. The molecule has 0 spiro atoms. The minimum absolute atomic E-state index is 0.00368. The molecule has 7 nitrogen and oxygen atoms in total. The summed E-state index contributed by atoms with van der Waals surface area (Å²) < 4.78 is 60.4. The van der Waals surface area contributed by atoms with Gasteiger partial charge in [-0.15, -0.1) is 0 Å². The van der Waals surface area contributed by atoms with Crippen LogP contribution in [0.1, 0.15) is 6.42 Å². The van der Waals surface area contributed by atoms with Crippen LogP contribution in [0.15, 0.2) is 29.2 Å². The number of methoxy groups -OCH3 is 1. The van der Waals surface area contributed by atoms with Crippen LogP contribution >= 0.6 is 0 Å². The lowest BCUT2D eigenvalue weighted by atomic mass is 10.3. The van der Waals surface area contributed by atoms with Crippen LogP contribution in [0.5, 0.6) is 5.75 Å². The van der Waals surface area contributed by atoms with Crippen LogP contribution in [0.25, 0.3) is 0 Å². The molecule has 1 aromatic carbocycles. The van der Waals surface area contributed by atoms with E-state index in [9.17, 15) is 16.8 Å². The maximum absolute atomic E-state index is 12.3. The molecule has 0 aliphatic rings. The molecule has 0 unspecified atom stereocenters. The zero-order valence-corrected chi connectivity index (χ0v) is 12.8. The first kappa shape index (κ1) is 16.9. The van der Waals surface area contributed by atoms with Gasteiger partial charge in [-0.05, 0) is 18.6 Å². The lowest BCUT2D eigenvalue weighted by Gasteiger charge is -2.18. The predicted molar refractivity (Wildman–Crippen MR) is 73.8 cm³/mol. The molecule has 114 valence electrons. The van der Waals surface area contributed by atoms with Gasteiger partial charge in [-0.2, -0.15) is 8.42 Å². The van der Waals surface area contributed by atoms with E-state index in [2.05, 4.69) is 0 Å². The van der Waals surface area contributed by atoms with E-state index in [1.807, 2.05) is 0 Å². The number of benzene rings is 1. The van der Waals surface area contributed by atoms with Crippen molar-refractivity contribution in [1.82, 2.24) is 4.31 Å². The lowest BCUT2D eigenvalue weighted by Crippen LogP contribution is -2.29. The summed E-state index contributed by atoms with van der Waals surface area (Å²) in [4.78, 5) is 0.0110. The molecule has 0 bridgehead atoms. The van der Waals surface area contributed by atoms with Crippen molar-refractivity contribution in [2.75, 3.05) is 26.5 Å². The van der Waals surface area contributed by atoms with E-state index in [4.69, 9.17) is 9.29 Å². The van der Waals surface area contributed by atoms with Crippen LogP contribution < -0.4 is 4.74 Å². The van der Waals surface area contributed by atoms with Crippen molar-refractivity contribution in [1.29, 1.82) is 0 Å². The minimum atomic E-state index is -4.09. The van der Waals surface area contributed by atoms with E-state index < -0.39 is 25.9 Å². The highest BCUT2D eigenvalue weighted by molar-refractivity contribution is 7.89. The van der Waals surface area contributed by atoms with Crippen LogP contribution in [0.4, 0.5) is 0 Å². The smallest absolute Gasteiger partial charge is 0.264 e. The van der Waals surface area contributed by atoms with Gasteiger partial charge in [0.25, 0.3) is 10.1 Å². The van der Waals surface area contributed by atoms with Gasteiger partial charge in [0, 0.05) is 13.6 Å². The first-order valence-corrected chi connectivity index (χ1v) is 8.78. The Hall–Kier alpha value is -1.16. The number of nitrogens with zero attached hydrogens (tertiary/aromatic N) is 1. The third kappa shape index (κ3) is 4.44. The van der Waals surface area contributed by atoms with Crippen LogP contribution in [-0.2, 0) is 20.1 Å². The molecule has 0 saturated carbocycles. The first-order valence-electron chi connectivity index (χ1n) is 5.73. The summed E-state index contributed by atoms with van der Waals surface area (Å²) in [6.45, 7) is -0.0276. The fourth-order valence-electron chi connectivity index (χ4n) is 1.59. The van der Waals surface area contributed by atoms with Crippen molar-refractivity contribution < 1.29 is 26.1 Å². The van der Waals surface area contributed by atoms with Crippen molar-refractivity contribution in [2.24, 2.45) is 0 Å².